The molecule has 0 fully saturated rings. The van der Waals surface area contributed by atoms with Crippen molar-refractivity contribution < 1.29 is 9.18 Å². The molecule has 2 heterocycles. The average molecular weight is 412 g/mol. The first kappa shape index (κ1) is 19.4. The summed E-state index contributed by atoms with van der Waals surface area (Å²) in [5, 5.41) is 11.7. The molecule has 1 aliphatic rings. The van der Waals surface area contributed by atoms with E-state index in [4.69, 9.17) is 0 Å². The van der Waals surface area contributed by atoms with E-state index in [1.54, 1.807) is 12.1 Å². The largest absolute Gasteiger partial charge is 0.325 e. The zero-order chi connectivity index (χ0) is 20.4. The monoisotopic (exact) mass is 411 g/mol. The van der Waals surface area contributed by atoms with Crippen LogP contribution < -0.4 is 10.7 Å². The summed E-state index contributed by atoms with van der Waals surface area (Å²) >= 11 is 1.37. The molecular weight excluding hydrogens is 389 g/mol. The maximum atomic E-state index is 13.5. The zero-order valence-corrected chi connectivity index (χ0v) is 17.0. The Bertz CT molecular complexity index is 1020. The minimum absolute atomic E-state index is 0.141. The minimum Gasteiger partial charge on any atom is -0.325 e. The second-order valence-electron chi connectivity index (χ2n) is 6.99. The summed E-state index contributed by atoms with van der Waals surface area (Å²) in [7, 11) is 0. The van der Waals surface area contributed by atoms with Crippen molar-refractivity contribution in [3.8, 4) is 0 Å². The normalized spacial score (nSPS) is 18.0. The van der Waals surface area contributed by atoms with E-state index in [2.05, 4.69) is 27.9 Å². The van der Waals surface area contributed by atoms with Gasteiger partial charge in [-0.05, 0) is 42.7 Å². The van der Waals surface area contributed by atoms with Gasteiger partial charge in [-0.25, -0.2) is 9.07 Å². The van der Waals surface area contributed by atoms with Crippen molar-refractivity contribution in [3.63, 3.8) is 0 Å². The summed E-state index contributed by atoms with van der Waals surface area (Å²) in [4.78, 5) is 13.2. The number of para-hydroxylation sites is 1. The number of aryl methyl sites for hydroxylation is 2. The van der Waals surface area contributed by atoms with Crippen LogP contribution >= 0.6 is 11.8 Å². The van der Waals surface area contributed by atoms with Crippen LogP contribution in [-0.4, -0.2) is 26.0 Å². The number of halogens is 1. The quantitative estimate of drug-likeness (QED) is 0.662. The van der Waals surface area contributed by atoms with E-state index in [1.165, 1.54) is 23.9 Å². The van der Waals surface area contributed by atoms with Gasteiger partial charge in [-0.2, -0.15) is 0 Å². The molecule has 1 aliphatic heterocycles. The van der Waals surface area contributed by atoms with Crippen molar-refractivity contribution in [1.29, 1.82) is 0 Å². The van der Waals surface area contributed by atoms with E-state index in [1.807, 2.05) is 35.9 Å². The molecule has 0 spiro atoms. The maximum absolute atomic E-state index is 13.5. The van der Waals surface area contributed by atoms with Gasteiger partial charge in [0.2, 0.25) is 11.1 Å². The first-order valence-electron chi connectivity index (χ1n) is 9.56. The Labute approximate surface area is 172 Å². The summed E-state index contributed by atoms with van der Waals surface area (Å²) in [6, 6.07) is 13.5. The van der Waals surface area contributed by atoms with Gasteiger partial charge in [-0.1, -0.05) is 49.0 Å². The third-order valence-corrected chi connectivity index (χ3v) is 6.08. The number of carbonyl (C=O) groups excluding carboxylic acids is 1. The molecule has 8 heteroatoms. The highest BCUT2D eigenvalue weighted by molar-refractivity contribution is 8.00. The van der Waals surface area contributed by atoms with Crippen LogP contribution in [0.15, 0.2) is 53.7 Å². The number of fused-ring (bicyclic) bond motifs is 1. The first-order valence-corrected chi connectivity index (χ1v) is 10.4. The lowest BCUT2D eigenvalue weighted by atomic mass is 10.0. The Morgan fingerprint density at radius 3 is 2.69 bits per heavy atom. The molecule has 0 unspecified atom stereocenters. The number of amides is 1. The number of rotatable bonds is 5. The van der Waals surface area contributed by atoms with Crippen molar-refractivity contribution in [2.24, 2.45) is 0 Å². The molecule has 2 aromatic carbocycles. The molecule has 1 amide bonds. The van der Waals surface area contributed by atoms with Crippen molar-refractivity contribution in [2.75, 3.05) is 10.7 Å². The van der Waals surface area contributed by atoms with Crippen LogP contribution in [0.1, 0.15) is 36.3 Å². The summed E-state index contributed by atoms with van der Waals surface area (Å²) in [5.41, 5.74) is 5.97. The second kappa shape index (κ2) is 8.24. The number of anilines is 1. The van der Waals surface area contributed by atoms with E-state index in [-0.39, 0.29) is 17.8 Å². The molecule has 2 atom stereocenters. The molecule has 29 heavy (non-hydrogen) atoms. The SMILES string of the molecule is CCCc1nnc2n1N[C@@H](c1ccc(F)cc1)[C@H](C(=O)Nc1ccccc1C)S2. The Morgan fingerprint density at radius 1 is 1.21 bits per heavy atom. The van der Waals surface area contributed by atoms with Crippen molar-refractivity contribution >= 4 is 23.4 Å². The Balaban J connectivity index is 1.67. The summed E-state index contributed by atoms with van der Waals surface area (Å²) in [6.45, 7) is 4.03. The Hall–Kier alpha value is -2.87. The topological polar surface area (TPSA) is 71.8 Å². The van der Waals surface area contributed by atoms with E-state index < -0.39 is 5.25 Å². The summed E-state index contributed by atoms with van der Waals surface area (Å²) in [5.74, 6) is 0.368. The number of thioether (sulfide) groups is 1. The smallest absolute Gasteiger partial charge is 0.240 e. The fourth-order valence-corrected chi connectivity index (χ4v) is 4.42. The number of hydrogen-bond acceptors (Lipinski definition) is 5. The van der Waals surface area contributed by atoms with Gasteiger partial charge in [-0.15, -0.1) is 10.2 Å². The van der Waals surface area contributed by atoms with Gasteiger partial charge in [0.15, 0.2) is 5.82 Å². The predicted molar refractivity (Wildman–Crippen MR) is 112 cm³/mol. The van der Waals surface area contributed by atoms with Gasteiger partial charge in [-0.3, -0.25) is 4.79 Å². The Kier molecular flexibility index (Phi) is 5.53. The lowest BCUT2D eigenvalue weighted by molar-refractivity contribution is -0.116. The van der Waals surface area contributed by atoms with Crippen LogP contribution in [-0.2, 0) is 11.2 Å². The molecule has 0 saturated carbocycles. The lowest BCUT2D eigenvalue weighted by Crippen LogP contribution is -2.41. The van der Waals surface area contributed by atoms with Crippen LogP contribution in [0.3, 0.4) is 0 Å². The van der Waals surface area contributed by atoms with Crippen molar-refractivity contribution in [2.45, 2.75) is 43.1 Å². The third kappa shape index (κ3) is 3.98. The lowest BCUT2D eigenvalue weighted by Gasteiger charge is -2.33. The molecule has 2 N–H and O–H groups in total. The number of benzene rings is 2. The molecule has 0 aliphatic carbocycles. The molecule has 6 nitrogen and oxygen atoms in total. The van der Waals surface area contributed by atoms with Gasteiger partial charge in [0.05, 0.1) is 6.04 Å². The van der Waals surface area contributed by atoms with E-state index in [0.717, 1.165) is 35.5 Å². The highest BCUT2D eigenvalue weighted by Crippen LogP contribution is 2.37. The summed E-state index contributed by atoms with van der Waals surface area (Å²) < 4.78 is 15.3. The van der Waals surface area contributed by atoms with Gasteiger partial charge >= 0.3 is 0 Å². The number of aromatic nitrogens is 3. The molecular formula is C21H22FN5OS. The number of nitrogens with zero attached hydrogens (tertiary/aromatic N) is 3. The van der Waals surface area contributed by atoms with E-state index in [0.29, 0.717) is 5.16 Å². The molecule has 1 aromatic heterocycles. The van der Waals surface area contributed by atoms with Crippen LogP contribution in [0.2, 0.25) is 0 Å². The first-order chi connectivity index (χ1) is 14.1. The third-order valence-electron chi connectivity index (χ3n) is 4.87. The molecule has 0 saturated heterocycles. The van der Waals surface area contributed by atoms with Crippen LogP contribution in [0.25, 0.3) is 0 Å². The summed E-state index contributed by atoms with van der Waals surface area (Å²) in [6.07, 6.45) is 1.71. The van der Waals surface area contributed by atoms with Crippen LogP contribution in [0, 0.1) is 12.7 Å². The van der Waals surface area contributed by atoms with Crippen LogP contribution in [0.5, 0.6) is 0 Å². The molecule has 150 valence electrons. The highest BCUT2D eigenvalue weighted by Gasteiger charge is 2.37. The van der Waals surface area contributed by atoms with E-state index in [9.17, 15) is 9.18 Å². The van der Waals surface area contributed by atoms with Gasteiger partial charge in [0.1, 0.15) is 11.1 Å². The number of hydrogen-bond donors (Lipinski definition) is 2. The molecule has 3 aromatic rings. The Morgan fingerprint density at radius 2 is 1.97 bits per heavy atom. The zero-order valence-electron chi connectivity index (χ0n) is 16.2. The predicted octanol–water partition coefficient (Wildman–Crippen LogP) is 4.08. The second-order valence-corrected chi connectivity index (χ2v) is 8.09. The van der Waals surface area contributed by atoms with Crippen molar-refractivity contribution in [3.05, 3.63) is 71.3 Å². The average Bonchev–Trinajstić information content (AvgIpc) is 3.11. The molecule has 0 radical (unpaired) electrons. The standard InChI is InChI=1S/C21H22FN5OS/c1-3-6-17-24-25-21-27(17)26-18(14-9-11-15(22)12-10-14)19(29-21)20(28)23-16-8-5-4-7-13(16)2/h4-5,7-12,18-19,26H,3,6H2,1-2H3,(H,23,28)/t18-,19+/m0/s1. The molecule has 0 bridgehead atoms. The number of nitrogens with one attached hydrogen (secondary N) is 2. The van der Waals surface area contributed by atoms with Gasteiger partial charge in [0, 0.05) is 12.1 Å². The fraction of sp³-hybridized carbons (Fsp3) is 0.286. The van der Waals surface area contributed by atoms with Gasteiger partial charge in [0.25, 0.3) is 0 Å². The van der Waals surface area contributed by atoms with Gasteiger partial charge < -0.3 is 10.7 Å². The fourth-order valence-electron chi connectivity index (χ4n) is 3.32. The van der Waals surface area contributed by atoms with Crippen molar-refractivity contribution in [1.82, 2.24) is 14.9 Å². The van der Waals surface area contributed by atoms with E-state index >= 15 is 0 Å². The van der Waals surface area contributed by atoms with Crippen LogP contribution in [0.4, 0.5) is 10.1 Å². The highest BCUT2D eigenvalue weighted by atomic mass is 32.2. The number of carbonyl (C=O) groups is 1. The minimum atomic E-state index is -0.494. The molecule has 4 rings (SSSR count). The maximum Gasteiger partial charge on any atom is 0.240 e.